The summed E-state index contributed by atoms with van der Waals surface area (Å²) in [5.41, 5.74) is 0.119. The van der Waals surface area contributed by atoms with E-state index in [1.54, 1.807) is 0 Å². The molecule has 0 amide bonds. The Labute approximate surface area is 277 Å². The third-order valence-corrected chi connectivity index (χ3v) is 9.32. The van der Waals surface area contributed by atoms with Gasteiger partial charge in [-0.2, -0.15) is 0 Å². The molecule has 0 radical (unpaired) electrons. The van der Waals surface area contributed by atoms with Crippen molar-refractivity contribution in [2.45, 2.75) is 200 Å². The molecule has 0 bridgehead atoms. The second-order valence-electron chi connectivity index (χ2n) is 14.3. The molecule has 0 aliphatic heterocycles. The molecule has 0 aliphatic rings. The smallest absolute Gasteiger partial charge is 0.175 e. The summed E-state index contributed by atoms with van der Waals surface area (Å²) in [6.07, 6.45) is 38.7. The van der Waals surface area contributed by atoms with Gasteiger partial charge in [0.2, 0.25) is 0 Å². The van der Waals surface area contributed by atoms with Crippen molar-refractivity contribution < 1.29 is 18.9 Å². The van der Waals surface area contributed by atoms with Crippen LogP contribution in [0.15, 0.2) is 12.2 Å². The van der Waals surface area contributed by atoms with Gasteiger partial charge in [-0.3, -0.25) is 4.79 Å². The third-order valence-electron chi connectivity index (χ3n) is 8.53. The van der Waals surface area contributed by atoms with E-state index < -0.39 is 6.10 Å². The third kappa shape index (κ3) is 32.8. The Morgan fingerprint density at radius 3 is 1.36 bits per heavy atom. The van der Waals surface area contributed by atoms with Gasteiger partial charge >= 0.3 is 0 Å². The molecule has 0 spiro atoms. The molecular formula is C39H76NO3P. The van der Waals surface area contributed by atoms with Gasteiger partial charge in [0.25, 0.3) is 0 Å². The number of likely N-dealkylation sites (N-methyl/N-ethyl adjacent to an activating group) is 1. The lowest BCUT2D eigenvalue weighted by atomic mass is 10.0. The molecule has 260 valence electrons. The Hall–Kier alpha value is -0.540. The van der Waals surface area contributed by atoms with E-state index in [0.29, 0.717) is 32.3 Å². The van der Waals surface area contributed by atoms with Crippen molar-refractivity contribution in [2.24, 2.45) is 0 Å². The average molecular weight is 638 g/mol. The maximum absolute atomic E-state index is 13.0. The predicted octanol–water partition coefficient (Wildman–Crippen LogP) is 11.5. The Balaban J connectivity index is 3.99. The van der Waals surface area contributed by atoms with E-state index in [4.69, 9.17) is 4.52 Å². The topological polar surface area (TPSA) is 49.4 Å². The number of ketones is 1. The summed E-state index contributed by atoms with van der Waals surface area (Å²) in [7, 11) is 6.61. The summed E-state index contributed by atoms with van der Waals surface area (Å²) in [6, 6.07) is 0. The lowest BCUT2D eigenvalue weighted by Gasteiger charge is -2.28. The lowest BCUT2D eigenvalue weighted by molar-refractivity contribution is -0.872. The number of carbonyl (C=O) groups excluding carboxylic acids is 1. The molecule has 0 aromatic rings. The van der Waals surface area contributed by atoms with Crippen molar-refractivity contribution in [3.05, 3.63) is 12.2 Å². The molecule has 0 saturated carbocycles. The fourth-order valence-corrected chi connectivity index (χ4v) is 6.36. The van der Waals surface area contributed by atoms with E-state index in [1.165, 1.54) is 141 Å². The second-order valence-corrected chi connectivity index (χ2v) is 15.2. The van der Waals surface area contributed by atoms with E-state index in [1.807, 2.05) is 0 Å². The molecule has 44 heavy (non-hydrogen) atoms. The van der Waals surface area contributed by atoms with Crippen LogP contribution in [0.3, 0.4) is 0 Å². The minimum Gasteiger partial charge on any atom is -0.826 e. The van der Waals surface area contributed by atoms with Gasteiger partial charge in [-0.15, -0.1) is 5.48 Å². The number of allylic oxidation sites excluding steroid dienone is 2. The first kappa shape index (κ1) is 43.5. The van der Waals surface area contributed by atoms with Crippen molar-refractivity contribution >= 4 is 19.7 Å². The zero-order valence-electron chi connectivity index (χ0n) is 30.4. The fourth-order valence-electron chi connectivity index (χ4n) is 5.68. The van der Waals surface area contributed by atoms with Crippen LogP contribution in [0.1, 0.15) is 194 Å². The monoisotopic (exact) mass is 638 g/mol. The number of quaternary nitrogens is 1. The highest BCUT2D eigenvalue weighted by atomic mass is 31.1. The summed E-state index contributed by atoms with van der Waals surface area (Å²) in [5.74, 6) is 0.164. The molecule has 0 fully saturated rings. The van der Waals surface area contributed by atoms with Gasteiger partial charge in [0, 0.05) is 14.9 Å². The van der Waals surface area contributed by atoms with Crippen molar-refractivity contribution in [1.82, 2.24) is 0 Å². The highest BCUT2D eigenvalue weighted by molar-refractivity contribution is 7.34. The number of nitrogens with zero attached hydrogens (tertiary/aromatic N) is 1. The second kappa shape index (κ2) is 32.4. The highest BCUT2D eigenvalue weighted by Gasteiger charge is 2.25. The summed E-state index contributed by atoms with van der Waals surface area (Å²) in [5, 5.41) is 12.5. The molecule has 1 unspecified atom stereocenters. The molecule has 1 atom stereocenters. The standard InChI is InChI=1S/C39H76NO3P/c1-6-8-10-12-14-16-18-20-21-23-24-26-28-30-32-34-37(41)38(36-40(3,4)5)43-44-39(42)35-33-31-29-27-25-22-19-17-15-13-11-9-7-2/h20-21,38H,6-19,22-36H2,1-5H3. The van der Waals surface area contributed by atoms with Crippen molar-refractivity contribution in [1.29, 1.82) is 0 Å². The molecule has 0 aromatic carbocycles. The number of unbranched alkanes of at least 4 members (excludes halogenated alkanes) is 23. The van der Waals surface area contributed by atoms with Crippen molar-refractivity contribution in [3.8, 4) is 0 Å². The molecule has 0 N–H and O–H groups in total. The number of Topliss-reactive ketones (excluding diaryl/α,β-unsaturated/α-hetero) is 1. The van der Waals surface area contributed by atoms with Gasteiger partial charge in [-0.1, -0.05) is 161 Å². The van der Waals surface area contributed by atoms with E-state index in [0.717, 1.165) is 25.7 Å². The molecule has 5 heteroatoms. The van der Waals surface area contributed by atoms with Crippen LogP contribution in [0.4, 0.5) is 0 Å². The SMILES string of the molecule is CCCCCCCCC=CCCCCCCCC(=O)C(C[N+](C)(C)C)OP=C([O-])CCCCCCCCCCCCCCC. The number of rotatable bonds is 34. The highest BCUT2D eigenvalue weighted by Crippen LogP contribution is 2.17. The number of hydrogen-bond acceptors (Lipinski definition) is 3. The Kier molecular flexibility index (Phi) is 32.0. The molecular weight excluding hydrogens is 561 g/mol. The van der Waals surface area contributed by atoms with Crippen LogP contribution in [0.5, 0.6) is 0 Å². The zero-order chi connectivity index (χ0) is 32.6. The van der Waals surface area contributed by atoms with E-state index in [-0.39, 0.29) is 11.3 Å². The van der Waals surface area contributed by atoms with E-state index in [9.17, 15) is 9.90 Å². The van der Waals surface area contributed by atoms with Crippen LogP contribution in [0.25, 0.3) is 0 Å². The maximum Gasteiger partial charge on any atom is 0.175 e. The Morgan fingerprint density at radius 1 is 0.591 bits per heavy atom. The van der Waals surface area contributed by atoms with Crippen molar-refractivity contribution in [2.75, 3.05) is 27.7 Å². The van der Waals surface area contributed by atoms with Gasteiger partial charge in [0.1, 0.15) is 6.54 Å². The van der Waals surface area contributed by atoms with Gasteiger partial charge in [-0.25, -0.2) is 0 Å². The Bertz CT molecular complexity index is 685. The minimum atomic E-state index is -0.482. The van der Waals surface area contributed by atoms with Gasteiger partial charge in [-0.05, 0) is 38.5 Å². The summed E-state index contributed by atoms with van der Waals surface area (Å²) in [6.45, 7) is 5.16. The van der Waals surface area contributed by atoms with Crippen LogP contribution >= 0.6 is 8.43 Å². The average Bonchev–Trinajstić information content (AvgIpc) is 2.98. The summed E-state index contributed by atoms with van der Waals surface area (Å²) in [4.78, 5) is 13.0. The molecule has 0 aromatic heterocycles. The summed E-state index contributed by atoms with van der Waals surface area (Å²) < 4.78 is 6.59. The van der Waals surface area contributed by atoms with Crippen LogP contribution in [-0.4, -0.2) is 49.5 Å². The van der Waals surface area contributed by atoms with E-state index in [2.05, 4.69) is 47.1 Å². The molecule has 0 rings (SSSR count). The zero-order valence-corrected chi connectivity index (χ0v) is 31.3. The molecule has 0 aliphatic carbocycles. The quantitative estimate of drug-likeness (QED) is 0.0305. The molecule has 4 nitrogen and oxygen atoms in total. The normalized spacial score (nSPS) is 13.3. The summed E-state index contributed by atoms with van der Waals surface area (Å²) >= 11 is 0. The van der Waals surface area contributed by atoms with Crippen LogP contribution in [0, 0.1) is 0 Å². The maximum atomic E-state index is 13.0. The Morgan fingerprint density at radius 2 is 0.955 bits per heavy atom. The first-order valence-corrected chi connectivity index (χ1v) is 20.0. The molecule has 0 heterocycles. The van der Waals surface area contributed by atoms with Gasteiger partial charge < -0.3 is 14.1 Å². The first-order chi connectivity index (χ1) is 21.3. The number of carbonyl (C=O) groups is 1. The largest absolute Gasteiger partial charge is 0.826 e. The van der Waals surface area contributed by atoms with Crippen LogP contribution in [-0.2, 0) is 9.32 Å². The van der Waals surface area contributed by atoms with Crippen LogP contribution < -0.4 is 5.11 Å². The lowest BCUT2D eigenvalue weighted by Crippen LogP contribution is -2.44. The number of hydrogen-bond donors (Lipinski definition) is 0. The first-order valence-electron chi connectivity index (χ1n) is 19.2. The van der Waals surface area contributed by atoms with Crippen molar-refractivity contribution in [3.63, 3.8) is 0 Å². The van der Waals surface area contributed by atoms with Gasteiger partial charge in [0.15, 0.2) is 11.9 Å². The molecule has 0 saturated heterocycles. The minimum absolute atomic E-state index is 0.119. The van der Waals surface area contributed by atoms with E-state index >= 15 is 0 Å². The predicted molar refractivity (Wildman–Crippen MR) is 194 cm³/mol. The van der Waals surface area contributed by atoms with Crippen LogP contribution in [0.2, 0.25) is 0 Å². The van der Waals surface area contributed by atoms with Gasteiger partial charge in [0.05, 0.1) is 21.1 Å². The fraction of sp³-hybridized carbons (Fsp3) is 0.897.